The van der Waals surface area contributed by atoms with Gasteiger partial charge in [-0.25, -0.2) is 0 Å². The predicted octanol–water partition coefficient (Wildman–Crippen LogP) is 3.03. The molecule has 0 saturated carbocycles. The van der Waals surface area contributed by atoms with E-state index < -0.39 is 0 Å². The summed E-state index contributed by atoms with van der Waals surface area (Å²) in [5.41, 5.74) is 1.13. The first-order chi connectivity index (χ1) is 13.3. The number of hydrogen-bond donors (Lipinski definition) is 2. The summed E-state index contributed by atoms with van der Waals surface area (Å²) in [6, 6.07) is 6.00. The average Bonchev–Trinajstić information content (AvgIpc) is 2.97. The van der Waals surface area contributed by atoms with Crippen LogP contribution in [0.25, 0.3) is 0 Å². The molecule has 0 radical (unpaired) electrons. The molecule has 1 aliphatic heterocycles. The van der Waals surface area contributed by atoms with Crippen molar-refractivity contribution in [2.45, 2.75) is 45.6 Å². The molecule has 0 unspecified atom stereocenters. The molecule has 1 heterocycles. The molecule has 0 spiro atoms. The van der Waals surface area contributed by atoms with Crippen molar-refractivity contribution in [3.63, 3.8) is 0 Å². The first-order valence-electron chi connectivity index (χ1n) is 10.2. The Balaban J connectivity index is 1.72. The van der Waals surface area contributed by atoms with E-state index in [4.69, 9.17) is 9.47 Å². The minimum Gasteiger partial charge on any atom is -0.493 e. The number of likely N-dealkylation sites (tertiary alicyclic amines) is 1. The Morgan fingerprint density at radius 3 is 2.56 bits per heavy atom. The SMILES string of the molecule is CCOc1cc(CNC(=NC)NCCCN2CCCCCC2)ccc1OC. The Labute approximate surface area is 164 Å². The van der Waals surface area contributed by atoms with E-state index in [1.54, 1.807) is 7.11 Å². The third kappa shape index (κ3) is 7.67. The third-order valence-electron chi connectivity index (χ3n) is 4.85. The maximum absolute atomic E-state index is 5.64. The molecule has 0 amide bonds. The van der Waals surface area contributed by atoms with Crippen molar-refractivity contribution in [2.75, 3.05) is 46.9 Å². The molecule has 1 aliphatic rings. The van der Waals surface area contributed by atoms with Crippen LogP contribution in [0.1, 0.15) is 44.6 Å². The topological polar surface area (TPSA) is 58.1 Å². The minimum absolute atomic E-state index is 0.619. The molecule has 0 aromatic heterocycles. The van der Waals surface area contributed by atoms with E-state index in [2.05, 4.69) is 20.5 Å². The number of ether oxygens (including phenoxy) is 2. The number of rotatable bonds is 9. The van der Waals surface area contributed by atoms with E-state index in [1.165, 1.54) is 45.3 Å². The lowest BCUT2D eigenvalue weighted by molar-refractivity contribution is 0.282. The second-order valence-corrected chi connectivity index (χ2v) is 6.88. The van der Waals surface area contributed by atoms with Gasteiger partial charge >= 0.3 is 0 Å². The van der Waals surface area contributed by atoms with Crippen molar-refractivity contribution < 1.29 is 9.47 Å². The number of hydrogen-bond acceptors (Lipinski definition) is 4. The molecule has 1 saturated heterocycles. The molecule has 6 heteroatoms. The zero-order chi connectivity index (χ0) is 19.3. The molecule has 0 bridgehead atoms. The minimum atomic E-state index is 0.619. The molecule has 1 aromatic rings. The summed E-state index contributed by atoms with van der Waals surface area (Å²) in [4.78, 5) is 6.91. The zero-order valence-corrected chi connectivity index (χ0v) is 17.2. The van der Waals surface area contributed by atoms with E-state index >= 15 is 0 Å². The third-order valence-corrected chi connectivity index (χ3v) is 4.85. The standard InChI is InChI=1S/C21H36N4O2/c1-4-27-20-16-18(10-11-19(20)26-3)17-24-21(22-2)23-12-9-15-25-13-7-5-6-8-14-25/h10-11,16H,4-9,12-15,17H2,1-3H3,(H2,22,23,24). The summed E-state index contributed by atoms with van der Waals surface area (Å²) in [6.07, 6.45) is 6.62. The normalized spacial score (nSPS) is 15.9. The van der Waals surface area contributed by atoms with Crippen molar-refractivity contribution in [2.24, 2.45) is 4.99 Å². The average molecular weight is 377 g/mol. The molecule has 2 rings (SSSR count). The van der Waals surface area contributed by atoms with Gasteiger partial charge in [0.2, 0.25) is 0 Å². The molecule has 27 heavy (non-hydrogen) atoms. The van der Waals surface area contributed by atoms with E-state index in [0.717, 1.165) is 36.0 Å². The predicted molar refractivity (Wildman–Crippen MR) is 112 cm³/mol. The van der Waals surface area contributed by atoms with Crippen molar-refractivity contribution in [3.8, 4) is 11.5 Å². The Hall–Kier alpha value is -1.95. The van der Waals surface area contributed by atoms with Crippen LogP contribution in [0.15, 0.2) is 23.2 Å². The number of nitrogens with zero attached hydrogens (tertiary/aromatic N) is 2. The van der Waals surface area contributed by atoms with Crippen LogP contribution in [0.4, 0.5) is 0 Å². The molecule has 2 N–H and O–H groups in total. The lowest BCUT2D eigenvalue weighted by Gasteiger charge is -2.20. The Bertz CT molecular complexity index is 569. The second kappa shape index (κ2) is 12.4. The molecule has 1 aromatic carbocycles. The zero-order valence-electron chi connectivity index (χ0n) is 17.2. The van der Waals surface area contributed by atoms with Gasteiger partial charge in [-0.15, -0.1) is 0 Å². The van der Waals surface area contributed by atoms with Gasteiger partial charge in [-0.1, -0.05) is 18.9 Å². The number of aliphatic imine (C=N–C) groups is 1. The van der Waals surface area contributed by atoms with E-state index in [-0.39, 0.29) is 0 Å². The van der Waals surface area contributed by atoms with Crippen molar-refractivity contribution >= 4 is 5.96 Å². The summed E-state index contributed by atoms with van der Waals surface area (Å²) < 4.78 is 11.0. The van der Waals surface area contributed by atoms with Crippen LogP contribution >= 0.6 is 0 Å². The van der Waals surface area contributed by atoms with Gasteiger partial charge in [-0.3, -0.25) is 4.99 Å². The van der Waals surface area contributed by atoms with E-state index in [1.807, 2.05) is 32.2 Å². The molecule has 152 valence electrons. The van der Waals surface area contributed by atoms with Gasteiger partial charge < -0.3 is 25.0 Å². The Morgan fingerprint density at radius 1 is 1.11 bits per heavy atom. The molecular formula is C21H36N4O2. The van der Waals surface area contributed by atoms with Crippen LogP contribution in [0.5, 0.6) is 11.5 Å². The van der Waals surface area contributed by atoms with Crippen molar-refractivity contribution in [1.29, 1.82) is 0 Å². The summed E-state index contributed by atoms with van der Waals surface area (Å²) >= 11 is 0. The summed E-state index contributed by atoms with van der Waals surface area (Å²) in [5.74, 6) is 2.37. The van der Waals surface area contributed by atoms with Gasteiger partial charge in [-0.05, 0) is 63.5 Å². The van der Waals surface area contributed by atoms with Gasteiger partial charge in [0.05, 0.1) is 13.7 Å². The summed E-state index contributed by atoms with van der Waals surface area (Å²) in [6.45, 7) is 7.90. The van der Waals surface area contributed by atoms with Crippen LogP contribution in [0.3, 0.4) is 0 Å². The van der Waals surface area contributed by atoms with Crippen LogP contribution in [-0.2, 0) is 6.54 Å². The summed E-state index contributed by atoms with van der Waals surface area (Å²) in [7, 11) is 3.47. The number of guanidine groups is 1. The van der Waals surface area contributed by atoms with Gasteiger partial charge in [-0.2, -0.15) is 0 Å². The van der Waals surface area contributed by atoms with Gasteiger partial charge in [0.15, 0.2) is 17.5 Å². The molecular weight excluding hydrogens is 340 g/mol. The highest BCUT2D eigenvalue weighted by Gasteiger charge is 2.09. The van der Waals surface area contributed by atoms with Gasteiger partial charge in [0, 0.05) is 20.1 Å². The molecule has 1 fully saturated rings. The van der Waals surface area contributed by atoms with Crippen LogP contribution < -0.4 is 20.1 Å². The van der Waals surface area contributed by atoms with Crippen LogP contribution in [-0.4, -0.2) is 57.8 Å². The number of methoxy groups -OCH3 is 1. The smallest absolute Gasteiger partial charge is 0.191 e. The Kier molecular flexibility index (Phi) is 9.84. The quantitative estimate of drug-likeness (QED) is 0.394. The lowest BCUT2D eigenvalue weighted by Crippen LogP contribution is -2.38. The second-order valence-electron chi connectivity index (χ2n) is 6.88. The molecule has 0 aliphatic carbocycles. The lowest BCUT2D eigenvalue weighted by atomic mass is 10.2. The fourth-order valence-electron chi connectivity index (χ4n) is 3.38. The van der Waals surface area contributed by atoms with Crippen LogP contribution in [0, 0.1) is 0 Å². The Morgan fingerprint density at radius 2 is 1.89 bits per heavy atom. The largest absolute Gasteiger partial charge is 0.493 e. The van der Waals surface area contributed by atoms with Crippen molar-refractivity contribution in [3.05, 3.63) is 23.8 Å². The first-order valence-corrected chi connectivity index (χ1v) is 10.2. The van der Waals surface area contributed by atoms with Gasteiger partial charge in [0.25, 0.3) is 0 Å². The van der Waals surface area contributed by atoms with Crippen LogP contribution in [0.2, 0.25) is 0 Å². The highest BCUT2D eigenvalue weighted by molar-refractivity contribution is 5.79. The maximum Gasteiger partial charge on any atom is 0.191 e. The fraction of sp³-hybridized carbons (Fsp3) is 0.667. The van der Waals surface area contributed by atoms with Crippen molar-refractivity contribution in [1.82, 2.24) is 15.5 Å². The van der Waals surface area contributed by atoms with E-state index in [0.29, 0.717) is 13.2 Å². The fourth-order valence-corrected chi connectivity index (χ4v) is 3.38. The monoisotopic (exact) mass is 376 g/mol. The molecule has 0 atom stereocenters. The van der Waals surface area contributed by atoms with Gasteiger partial charge in [0.1, 0.15) is 0 Å². The van der Waals surface area contributed by atoms with E-state index in [9.17, 15) is 0 Å². The summed E-state index contributed by atoms with van der Waals surface area (Å²) in [5, 5.41) is 6.78. The molecule has 6 nitrogen and oxygen atoms in total. The number of benzene rings is 1. The highest BCUT2D eigenvalue weighted by Crippen LogP contribution is 2.27. The first kappa shape index (κ1) is 21.4. The highest BCUT2D eigenvalue weighted by atomic mass is 16.5. The maximum atomic E-state index is 5.64. The number of nitrogens with one attached hydrogen (secondary N) is 2.